The van der Waals surface area contributed by atoms with Gasteiger partial charge in [-0.15, -0.1) is 0 Å². The summed E-state index contributed by atoms with van der Waals surface area (Å²) in [5, 5.41) is 32.6. The quantitative estimate of drug-likeness (QED) is 0.164. The molecule has 283 valence electrons. The van der Waals surface area contributed by atoms with Gasteiger partial charge in [0.25, 0.3) is 5.97 Å². The van der Waals surface area contributed by atoms with Crippen molar-refractivity contribution in [1.82, 2.24) is 0 Å². The molecule has 0 amide bonds. The summed E-state index contributed by atoms with van der Waals surface area (Å²) in [5.41, 5.74) is 6.18. The van der Waals surface area contributed by atoms with Gasteiger partial charge in [0.1, 0.15) is 11.5 Å². The fourth-order valence-corrected chi connectivity index (χ4v) is 5.78. The Morgan fingerprint density at radius 3 is 1.54 bits per heavy atom. The van der Waals surface area contributed by atoms with E-state index in [4.69, 9.17) is 19.9 Å². The van der Waals surface area contributed by atoms with Gasteiger partial charge in [0, 0.05) is 58.4 Å². The number of nitrogens with zero attached hydrogens (tertiary/aromatic N) is 2. The Hall–Kier alpha value is -3.94. The van der Waals surface area contributed by atoms with Crippen LogP contribution in [0.4, 0.5) is 0 Å². The molecule has 0 bridgehead atoms. The number of aromatic hydroxyl groups is 2. The SMILES string of the molecule is CC(=O)O.CC(C)(C)c1cc(C=NCC(Cc2ccc3ccccc3c2)N=Cc2cc(C(C)(C)C)cc(C(C)(C)C)c2O)c(O)c(C(C)(C)C)c1.[Co]. The van der Waals surface area contributed by atoms with Crippen LogP contribution in [0.15, 0.2) is 76.7 Å². The van der Waals surface area contributed by atoms with Gasteiger partial charge in [-0.05, 0) is 67.7 Å². The minimum absolute atomic E-state index is 0. The monoisotopic (exact) mass is 751 g/mol. The zero-order valence-corrected chi connectivity index (χ0v) is 34.5. The summed E-state index contributed by atoms with van der Waals surface area (Å²) < 4.78 is 0. The van der Waals surface area contributed by atoms with E-state index < -0.39 is 5.97 Å². The molecule has 0 heterocycles. The van der Waals surface area contributed by atoms with E-state index in [1.54, 1.807) is 6.21 Å². The van der Waals surface area contributed by atoms with Gasteiger partial charge >= 0.3 is 0 Å². The van der Waals surface area contributed by atoms with Crippen molar-refractivity contribution in [2.24, 2.45) is 9.98 Å². The average Bonchev–Trinajstić information content (AvgIpc) is 2.98. The van der Waals surface area contributed by atoms with E-state index in [2.05, 4.69) is 150 Å². The molecule has 0 aromatic heterocycles. The summed E-state index contributed by atoms with van der Waals surface area (Å²) in [5.74, 6) is -0.275. The molecule has 0 aliphatic heterocycles. The van der Waals surface area contributed by atoms with Crippen LogP contribution in [0.5, 0.6) is 11.5 Å². The Labute approximate surface area is 322 Å². The van der Waals surface area contributed by atoms with Gasteiger partial charge in [-0.25, -0.2) is 0 Å². The maximum Gasteiger partial charge on any atom is 0.300 e. The fraction of sp³-hybridized carbons (Fsp3) is 0.444. The first-order valence-corrected chi connectivity index (χ1v) is 17.8. The Morgan fingerprint density at radius 2 is 1.10 bits per heavy atom. The molecule has 4 rings (SSSR count). The number of aliphatic carboxylic acids is 1. The second-order valence-corrected chi connectivity index (χ2v) is 17.8. The van der Waals surface area contributed by atoms with Gasteiger partial charge in [-0.2, -0.15) is 0 Å². The third-order valence-corrected chi connectivity index (χ3v) is 8.88. The third kappa shape index (κ3) is 12.3. The third-order valence-electron chi connectivity index (χ3n) is 8.88. The largest absolute Gasteiger partial charge is 0.507 e. The van der Waals surface area contributed by atoms with Crippen LogP contribution in [0, 0.1) is 0 Å². The molecule has 0 saturated heterocycles. The molecule has 1 atom stereocenters. The number of carboxylic acid groups (broad SMARTS) is 1. The first kappa shape index (κ1) is 44.2. The van der Waals surface area contributed by atoms with E-state index in [1.165, 1.54) is 16.3 Å². The first-order chi connectivity index (χ1) is 23.4. The first-order valence-electron chi connectivity index (χ1n) is 17.8. The van der Waals surface area contributed by atoms with Gasteiger partial charge in [0.05, 0.1) is 12.6 Å². The van der Waals surface area contributed by atoms with E-state index in [9.17, 15) is 10.2 Å². The van der Waals surface area contributed by atoms with Crippen molar-refractivity contribution >= 4 is 29.2 Å². The number of hydrogen-bond donors (Lipinski definition) is 3. The van der Waals surface area contributed by atoms with Crippen LogP contribution in [-0.2, 0) is 49.7 Å². The Balaban J connectivity index is 0.00000178. The number of carboxylic acids is 1. The maximum absolute atomic E-state index is 11.4. The van der Waals surface area contributed by atoms with Gasteiger partial charge in [0.15, 0.2) is 0 Å². The summed E-state index contributed by atoms with van der Waals surface area (Å²) in [4.78, 5) is 19.0. The Morgan fingerprint density at radius 1 is 0.654 bits per heavy atom. The standard InChI is InChI=1S/C43H56N2O2.C2H4O2.Co/c1-40(2,3)33-21-31(38(46)36(23-33)42(7,8)9)25-44-27-35(20-28-17-18-29-15-13-14-16-30(29)19-28)45-26-32-22-34(41(4,5)6)24-37(39(32)47)43(10,11)12;1-2(3)4;/h13-19,21-26,35,46-47H,20,27H2,1-12H3;1H3,(H,3,4);. The molecule has 0 saturated carbocycles. The second-order valence-electron chi connectivity index (χ2n) is 17.8. The van der Waals surface area contributed by atoms with E-state index in [0.29, 0.717) is 13.0 Å². The summed E-state index contributed by atoms with van der Waals surface area (Å²) in [6, 6.07) is 23.1. The molecule has 4 aromatic carbocycles. The van der Waals surface area contributed by atoms with Crippen molar-refractivity contribution in [3.05, 3.63) is 106 Å². The van der Waals surface area contributed by atoms with Crippen LogP contribution < -0.4 is 0 Å². The van der Waals surface area contributed by atoms with Crippen LogP contribution in [0.1, 0.15) is 129 Å². The Kier molecular flexibility index (Phi) is 14.7. The molecule has 7 heteroatoms. The molecule has 0 spiro atoms. The number of hydrogen-bond acceptors (Lipinski definition) is 5. The molecule has 52 heavy (non-hydrogen) atoms. The molecule has 0 fully saturated rings. The molecule has 1 radical (unpaired) electrons. The zero-order chi connectivity index (χ0) is 38.5. The number of fused-ring (bicyclic) bond motifs is 1. The van der Waals surface area contributed by atoms with Crippen molar-refractivity contribution in [1.29, 1.82) is 0 Å². The summed E-state index contributed by atoms with van der Waals surface area (Å²) in [7, 11) is 0. The predicted octanol–water partition coefficient (Wildman–Crippen LogP) is 10.7. The number of rotatable bonds is 7. The molecule has 0 aliphatic carbocycles. The molecule has 0 aliphatic rings. The molecule has 6 nitrogen and oxygen atoms in total. The Bertz CT molecular complexity index is 1890. The van der Waals surface area contributed by atoms with Crippen LogP contribution in [-0.4, -0.2) is 46.3 Å². The molecular formula is C45H60CoN2O4. The van der Waals surface area contributed by atoms with E-state index >= 15 is 0 Å². The molecule has 4 aromatic rings. The predicted molar refractivity (Wildman–Crippen MR) is 216 cm³/mol. The van der Waals surface area contributed by atoms with E-state index in [1.807, 2.05) is 6.21 Å². The summed E-state index contributed by atoms with van der Waals surface area (Å²) >= 11 is 0. The van der Waals surface area contributed by atoms with Crippen molar-refractivity contribution < 1.29 is 36.9 Å². The minimum Gasteiger partial charge on any atom is -0.507 e. The van der Waals surface area contributed by atoms with E-state index in [0.717, 1.165) is 40.3 Å². The molecular weight excluding hydrogens is 691 g/mol. The zero-order valence-electron chi connectivity index (χ0n) is 33.5. The van der Waals surface area contributed by atoms with Gasteiger partial charge in [0.2, 0.25) is 0 Å². The normalized spacial score (nSPS) is 13.2. The second kappa shape index (κ2) is 17.3. The average molecular weight is 752 g/mol. The number of benzene rings is 4. The fourth-order valence-electron chi connectivity index (χ4n) is 5.78. The minimum atomic E-state index is -0.833. The number of aliphatic imine (C=N–C) groups is 2. The van der Waals surface area contributed by atoms with Crippen molar-refractivity contribution in [3.63, 3.8) is 0 Å². The van der Waals surface area contributed by atoms with Gasteiger partial charge < -0.3 is 15.3 Å². The smallest absolute Gasteiger partial charge is 0.300 e. The van der Waals surface area contributed by atoms with Crippen LogP contribution >= 0.6 is 0 Å². The number of phenolic OH excluding ortho intramolecular Hbond substituents is 2. The van der Waals surface area contributed by atoms with Gasteiger partial charge in [-0.3, -0.25) is 14.8 Å². The van der Waals surface area contributed by atoms with E-state index in [-0.39, 0.29) is 56.0 Å². The topological polar surface area (TPSA) is 102 Å². The van der Waals surface area contributed by atoms with Crippen LogP contribution in [0.3, 0.4) is 0 Å². The van der Waals surface area contributed by atoms with Crippen LogP contribution in [0.2, 0.25) is 0 Å². The van der Waals surface area contributed by atoms with Gasteiger partial charge in [-0.1, -0.05) is 138 Å². The maximum atomic E-state index is 11.4. The summed E-state index contributed by atoms with van der Waals surface area (Å²) in [6.45, 7) is 27.4. The number of carbonyl (C=O) groups is 1. The van der Waals surface area contributed by atoms with Crippen LogP contribution in [0.25, 0.3) is 10.8 Å². The van der Waals surface area contributed by atoms with Crippen molar-refractivity contribution in [2.45, 2.75) is 124 Å². The number of phenols is 2. The van der Waals surface area contributed by atoms with Crippen molar-refractivity contribution in [2.75, 3.05) is 6.54 Å². The molecule has 1 unspecified atom stereocenters. The van der Waals surface area contributed by atoms with Crippen molar-refractivity contribution in [3.8, 4) is 11.5 Å². The summed E-state index contributed by atoms with van der Waals surface area (Å²) in [6.07, 6.45) is 4.32. The molecule has 3 N–H and O–H groups in total.